The van der Waals surface area contributed by atoms with Crippen LogP contribution in [-0.4, -0.2) is 56.1 Å². The Kier molecular flexibility index (Phi) is 4.47. The van der Waals surface area contributed by atoms with Crippen LogP contribution >= 0.6 is 0 Å². The molecule has 7 nitrogen and oxygen atoms in total. The fourth-order valence-corrected chi connectivity index (χ4v) is 4.81. The maximum Gasteiger partial charge on any atom is 0.147 e. The summed E-state index contributed by atoms with van der Waals surface area (Å²) in [5.74, 6) is 0.751. The van der Waals surface area contributed by atoms with Crippen molar-refractivity contribution in [3.05, 3.63) is 43.0 Å². The van der Waals surface area contributed by atoms with Gasteiger partial charge in [0.1, 0.15) is 17.7 Å². The summed E-state index contributed by atoms with van der Waals surface area (Å²) < 4.78 is 15.0. The van der Waals surface area contributed by atoms with Crippen LogP contribution in [0.5, 0.6) is 5.75 Å². The molecule has 3 N–H and O–H groups in total. The first-order valence-electron chi connectivity index (χ1n) is 10.2. The number of phenolic OH excluding ortho intramolecular Hbond substituents is 1. The highest BCUT2D eigenvalue weighted by molar-refractivity contribution is 5.73. The molecule has 30 heavy (non-hydrogen) atoms. The average molecular weight is 408 g/mol. The van der Waals surface area contributed by atoms with Crippen molar-refractivity contribution in [2.45, 2.75) is 50.0 Å². The zero-order valence-corrected chi connectivity index (χ0v) is 17.0. The van der Waals surface area contributed by atoms with E-state index in [9.17, 15) is 5.11 Å². The van der Waals surface area contributed by atoms with Crippen LogP contribution in [0.15, 0.2) is 43.0 Å². The summed E-state index contributed by atoms with van der Waals surface area (Å²) in [6, 6.07) is 5.08. The van der Waals surface area contributed by atoms with Crippen LogP contribution in [0.4, 0.5) is 10.2 Å². The van der Waals surface area contributed by atoms with Gasteiger partial charge in [-0.05, 0) is 43.9 Å². The molecule has 2 aliphatic rings. The van der Waals surface area contributed by atoms with Crippen LogP contribution in [0.25, 0.3) is 22.4 Å². The van der Waals surface area contributed by atoms with Gasteiger partial charge in [-0.3, -0.25) is 10.1 Å². The van der Waals surface area contributed by atoms with E-state index in [-0.39, 0.29) is 23.4 Å². The van der Waals surface area contributed by atoms with Crippen molar-refractivity contribution in [2.75, 3.05) is 11.9 Å². The summed E-state index contributed by atoms with van der Waals surface area (Å²) in [6.07, 6.45) is 8.42. The number of hydrogen-bond acceptors (Lipinski definition) is 6. The van der Waals surface area contributed by atoms with Crippen LogP contribution in [-0.2, 0) is 0 Å². The Hall–Kier alpha value is -3.00. The van der Waals surface area contributed by atoms with Gasteiger partial charge in [0, 0.05) is 36.0 Å². The van der Waals surface area contributed by atoms with Crippen LogP contribution in [0, 0.1) is 0 Å². The third-order valence-corrected chi connectivity index (χ3v) is 6.55. The van der Waals surface area contributed by atoms with Gasteiger partial charge in [-0.15, -0.1) is 0 Å². The first-order chi connectivity index (χ1) is 14.4. The van der Waals surface area contributed by atoms with E-state index < -0.39 is 6.17 Å². The standard InChI is InChI=1S/C22H25FN6O/c1-22-6-5-16(28-22)21(23)18(8-22)29(2)20-12-24-17(11-25-20)15-4-3-13(7-19(15)30)14-9-26-27-10-14/h3-4,7,9-12,16,18,21,28,30H,5-6,8H2,1-2H3,(H,26,27)/t16-,18+,21-,22+/m0/s1. The summed E-state index contributed by atoms with van der Waals surface area (Å²) in [4.78, 5) is 10.9. The van der Waals surface area contributed by atoms with Gasteiger partial charge in [0.05, 0.1) is 30.3 Å². The first-order valence-corrected chi connectivity index (χ1v) is 10.2. The highest BCUT2D eigenvalue weighted by Gasteiger charge is 2.49. The molecule has 0 spiro atoms. The molecule has 2 saturated heterocycles. The van der Waals surface area contributed by atoms with E-state index in [1.807, 2.05) is 24.1 Å². The Bertz CT molecular complexity index is 1040. The molecule has 3 aromatic rings. The number of halogens is 1. The second-order valence-corrected chi connectivity index (χ2v) is 8.66. The lowest BCUT2D eigenvalue weighted by Crippen LogP contribution is -2.60. The minimum Gasteiger partial charge on any atom is -0.507 e. The molecule has 5 rings (SSSR count). The monoisotopic (exact) mass is 408 g/mol. The molecule has 2 aliphatic heterocycles. The number of benzene rings is 1. The molecule has 0 aliphatic carbocycles. The zero-order valence-electron chi connectivity index (χ0n) is 17.0. The number of aromatic nitrogens is 4. The van der Waals surface area contributed by atoms with Crippen molar-refractivity contribution in [1.29, 1.82) is 0 Å². The number of nitrogens with one attached hydrogen (secondary N) is 2. The quantitative estimate of drug-likeness (QED) is 0.614. The topological polar surface area (TPSA) is 90.0 Å². The molecule has 0 radical (unpaired) electrons. The minimum absolute atomic E-state index is 0.0118. The average Bonchev–Trinajstić information content (AvgIpc) is 3.39. The number of rotatable bonds is 4. The SMILES string of the molecule is CN(c1cnc(-c2ccc(-c3cn[nH]c3)cc2O)cn1)[C@@H]1C[C@@]2(C)CC[C@H](N2)[C@@H]1F. The van der Waals surface area contributed by atoms with E-state index in [2.05, 4.69) is 32.4 Å². The highest BCUT2D eigenvalue weighted by Crippen LogP contribution is 2.39. The van der Waals surface area contributed by atoms with E-state index in [0.29, 0.717) is 17.1 Å². The number of piperidine rings is 1. The van der Waals surface area contributed by atoms with E-state index in [1.165, 1.54) is 0 Å². The summed E-state index contributed by atoms with van der Waals surface area (Å²) in [5, 5.41) is 20.6. The Labute approximate surface area is 174 Å². The zero-order chi connectivity index (χ0) is 20.9. The van der Waals surface area contributed by atoms with Gasteiger partial charge in [-0.25, -0.2) is 9.37 Å². The van der Waals surface area contributed by atoms with E-state index in [4.69, 9.17) is 0 Å². The third kappa shape index (κ3) is 3.21. The largest absolute Gasteiger partial charge is 0.507 e. The normalized spacial score (nSPS) is 27.9. The molecule has 0 unspecified atom stereocenters. The highest BCUT2D eigenvalue weighted by atomic mass is 19.1. The van der Waals surface area contributed by atoms with Gasteiger partial charge in [-0.1, -0.05) is 6.07 Å². The molecule has 8 heteroatoms. The lowest BCUT2D eigenvalue weighted by molar-refractivity contribution is 0.144. The number of anilines is 1. The van der Waals surface area contributed by atoms with Gasteiger partial charge in [0.25, 0.3) is 0 Å². The van der Waals surface area contributed by atoms with Gasteiger partial charge < -0.3 is 15.3 Å². The number of fused-ring (bicyclic) bond motifs is 2. The number of alkyl halides is 1. The van der Waals surface area contributed by atoms with Crippen molar-refractivity contribution in [1.82, 2.24) is 25.5 Å². The lowest BCUT2D eigenvalue weighted by Gasteiger charge is -2.43. The Balaban J connectivity index is 1.37. The van der Waals surface area contributed by atoms with Crippen molar-refractivity contribution in [3.8, 4) is 28.1 Å². The molecule has 2 bridgehead atoms. The second kappa shape index (κ2) is 7.05. The molecule has 0 amide bonds. The predicted molar refractivity (Wildman–Crippen MR) is 113 cm³/mol. The van der Waals surface area contributed by atoms with E-state index in [0.717, 1.165) is 30.4 Å². The fraction of sp³-hybridized carbons (Fsp3) is 0.409. The molecule has 156 valence electrons. The maximum absolute atomic E-state index is 15.0. The second-order valence-electron chi connectivity index (χ2n) is 8.66. The molecule has 2 aromatic heterocycles. The van der Waals surface area contributed by atoms with Crippen LogP contribution in [0.3, 0.4) is 0 Å². The molecular weight excluding hydrogens is 383 g/mol. The maximum atomic E-state index is 15.0. The molecule has 4 atom stereocenters. The number of nitrogens with zero attached hydrogens (tertiary/aromatic N) is 4. The summed E-state index contributed by atoms with van der Waals surface area (Å²) in [5.41, 5.74) is 2.90. The van der Waals surface area contributed by atoms with Crippen molar-refractivity contribution in [3.63, 3.8) is 0 Å². The summed E-state index contributed by atoms with van der Waals surface area (Å²) in [6.45, 7) is 2.17. The van der Waals surface area contributed by atoms with Crippen LogP contribution < -0.4 is 10.2 Å². The molecule has 2 fully saturated rings. The Morgan fingerprint density at radius 1 is 1.20 bits per heavy atom. The molecule has 1 aromatic carbocycles. The van der Waals surface area contributed by atoms with Gasteiger partial charge in [-0.2, -0.15) is 5.10 Å². The number of phenols is 1. The lowest BCUT2D eigenvalue weighted by atomic mass is 9.87. The number of aromatic amines is 1. The number of aromatic hydroxyl groups is 1. The van der Waals surface area contributed by atoms with Gasteiger partial charge in [0.2, 0.25) is 0 Å². The van der Waals surface area contributed by atoms with E-state index in [1.54, 1.807) is 30.9 Å². The smallest absolute Gasteiger partial charge is 0.147 e. The fourth-order valence-electron chi connectivity index (χ4n) is 4.81. The number of H-pyrrole nitrogens is 1. The van der Waals surface area contributed by atoms with E-state index >= 15 is 4.39 Å². The van der Waals surface area contributed by atoms with Gasteiger partial charge in [0.15, 0.2) is 0 Å². The van der Waals surface area contributed by atoms with Crippen LogP contribution in [0.2, 0.25) is 0 Å². The molecule has 0 saturated carbocycles. The van der Waals surface area contributed by atoms with Crippen molar-refractivity contribution >= 4 is 5.82 Å². The molecule has 4 heterocycles. The molecular formula is C22H25FN6O. The third-order valence-electron chi connectivity index (χ3n) is 6.55. The summed E-state index contributed by atoms with van der Waals surface area (Å²) >= 11 is 0. The first kappa shape index (κ1) is 19.0. The predicted octanol–water partition coefficient (Wildman–Crippen LogP) is 3.30. The van der Waals surface area contributed by atoms with Crippen molar-refractivity contribution in [2.24, 2.45) is 0 Å². The minimum atomic E-state index is -0.938. The summed E-state index contributed by atoms with van der Waals surface area (Å²) in [7, 11) is 1.88. The Morgan fingerprint density at radius 2 is 2.07 bits per heavy atom. The van der Waals surface area contributed by atoms with Crippen LogP contribution in [0.1, 0.15) is 26.2 Å². The number of hydrogen-bond donors (Lipinski definition) is 3. The van der Waals surface area contributed by atoms with Gasteiger partial charge >= 0.3 is 0 Å². The Morgan fingerprint density at radius 3 is 2.77 bits per heavy atom. The van der Waals surface area contributed by atoms with Crippen molar-refractivity contribution < 1.29 is 9.50 Å².